The molecule has 0 atom stereocenters. The van der Waals surface area contributed by atoms with Gasteiger partial charge in [-0.05, 0) is 13.1 Å². The molecule has 2 aromatic rings. The molecule has 0 aliphatic carbocycles. The first-order valence-corrected chi connectivity index (χ1v) is 6.53. The Morgan fingerprint density at radius 2 is 2.16 bits per heavy atom. The average molecular weight is 264 g/mol. The van der Waals surface area contributed by atoms with Crippen LogP contribution in [0.2, 0.25) is 0 Å². The standard InChI is InChI=1S/C12H20N6O/c1-3-17(4-2)6-5-11-15-12(19-16-11)9-18-8-10(13)7-14-18/h7-8H,3-6,9,13H2,1-2H3. The lowest BCUT2D eigenvalue weighted by molar-refractivity contribution is 0.302. The molecule has 2 aromatic heterocycles. The monoisotopic (exact) mass is 264 g/mol. The average Bonchev–Trinajstić information content (AvgIpc) is 3.01. The van der Waals surface area contributed by atoms with Gasteiger partial charge in [-0.25, -0.2) is 0 Å². The molecule has 0 aliphatic rings. The molecule has 7 heteroatoms. The second kappa shape index (κ2) is 6.33. The second-order valence-corrected chi connectivity index (χ2v) is 4.35. The number of hydrogen-bond acceptors (Lipinski definition) is 6. The number of rotatable bonds is 7. The zero-order valence-electron chi connectivity index (χ0n) is 11.4. The van der Waals surface area contributed by atoms with Crippen LogP contribution in [0.5, 0.6) is 0 Å². The van der Waals surface area contributed by atoms with E-state index in [9.17, 15) is 0 Å². The molecule has 0 fully saturated rings. The highest BCUT2D eigenvalue weighted by molar-refractivity contribution is 5.30. The molecule has 0 aliphatic heterocycles. The molecule has 19 heavy (non-hydrogen) atoms. The normalized spacial score (nSPS) is 11.3. The largest absolute Gasteiger partial charge is 0.396 e. The maximum Gasteiger partial charge on any atom is 0.248 e. The summed E-state index contributed by atoms with van der Waals surface area (Å²) in [7, 11) is 0. The summed E-state index contributed by atoms with van der Waals surface area (Å²) in [5.74, 6) is 1.29. The van der Waals surface area contributed by atoms with Gasteiger partial charge in [0.1, 0.15) is 6.54 Å². The molecular formula is C12H20N6O. The van der Waals surface area contributed by atoms with E-state index < -0.39 is 0 Å². The minimum atomic E-state index is 0.454. The van der Waals surface area contributed by atoms with Crippen molar-refractivity contribution in [2.24, 2.45) is 0 Å². The molecule has 0 aromatic carbocycles. The Kier molecular flexibility index (Phi) is 4.51. The highest BCUT2D eigenvalue weighted by Crippen LogP contribution is 2.04. The van der Waals surface area contributed by atoms with E-state index in [0.717, 1.165) is 31.9 Å². The van der Waals surface area contributed by atoms with E-state index in [0.29, 0.717) is 18.1 Å². The van der Waals surface area contributed by atoms with Crippen LogP contribution in [0.15, 0.2) is 16.9 Å². The number of anilines is 1. The van der Waals surface area contributed by atoms with Crippen LogP contribution < -0.4 is 5.73 Å². The summed E-state index contributed by atoms with van der Waals surface area (Å²) in [5, 5.41) is 8.05. The van der Waals surface area contributed by atoms with Crippen LogP contribution in [0.25, 0.3) is 0 Å². The van der Waals surface area contributed by atoms with Crippen molar-refractivity contribution in [2.75, 3.05) is 25.4 Å². The molecule has 104 valence electrons. The molecule has 0 radical (unpaired) electrons. The number of likely N-dealkylation sites (N-methyl/N-ethyl adjacent to an activating group) is 1. The number of nitrogens with zero attached hydrogens (tertiary/aromatic N) is 5. The lowest BCUT2D eigenvalue weighted by atomic mass is 10.3. The van der Waals surface area contributed by atoms with Crippen molar-refractivity contribution in [1.82, 2.24) is 24.8 Å². The van der Waals surface area contributed by atoms with Gasteiger partial charge in [-0.3, -0.25) is 4.68 Å². The van der Waals surface area contributed by atoms with E-state index in [1.54, 1.807) is 17.1 Å². The van der Waals surface area contributed by atoms with Crippen LogP contribution >= 0.6 is 0 Å². The Morgan fingerprint density at radius 3 is 2.79 bits per heavy atom. The smallest absolute Gasteiger partial charge is 0.248 e. The highest BCUT2D eigenvalue weighted by Gasteiger charge is 2.09. The molecule has 0 amide bonds. The first-order valence-electron chi connectivity index (χ1n) is 6.53. The SMILES string of the molecule is CCN(CC)CCc1noc(Cn2cc(N)cn2)n1. The third-order valence-corrected chi connectivity index (χ3v) is 3.01. The van der Waals surface area contributed by atoms with Crippen molar-refractivity contribution >= 4 is 5.69 Å². The molecule has 2 heterocycles. The summed E-state index contributed by atoms with van der Waals surface area (Å²) in [6, 6.07) is 0. The van der Waals surface area contributed by atoms with Crippen molar-refractivity contribution in [3.63, 3.8) is 0 Å². The molecule has 0 unspecified atom stereocenters. The van der Waals surface area contributed by atoms with Crippen LogP contribution in [0.4, 0.5) is 5.69 Å². The lowest BCUT2D eigenvalue weighted by Crippen LogP contribution is -2.25. The van der Waals surface area contributed by atoms with Crippen molar-refractivity contribution in [2.45, 2.75) is 26.8 Å². The van der Waals surface area contributed by atoms with Crippen molar-refractivity contribution in [3.05, 3.63) is 24.1 Å². The topological polar surface area (TPSA) is 86.0 Å². The van der Waals surface area contributed by atoms with Crippen LogP contribution in [0.3, 0.4) is 0 Å². The van der Waals surface area contributed by atoms with Crippen LogP contribution in [-0.2, 0) is 13.0 Å². The fourth-order valence-corrected chi connectivity index (χ4v) is 1.86. The maximum absolute atomic E-state index is 5.59. The quantitative estimate of drug-likeness (QED) is 0.795. The van der Waals surface area contributed by atoms with Gasteiger partial charge in [0.2, 0.25) is 5.89 Å². The number of nitrogen functional groups attached to an aromatic ring is 1. The Labute approximate surface area is 112 Å². The molecule has 0 saturated carbocycles. The van der Waals surface area contributed by atoms with E-state index in [1.807, 2.05) is 0 Å². The zero-order chi connectivity index (χ0) is 13.7. The van der Waals surface area contributed by atoms with E-state index in [4.69, 9.17) is 10.3 Å². The molecule has 7 nitrogen and oxygen atoms in total. The minimum Gasteiger partial charge on any atom is -0.396 e. The summed E-state index contributed by atoms with van der Waals surface area (Å²) >= 11 is 0. The summed E-state index contributed by atoms with van der Waals surface area (Å²) in [4.78, 5) is 6.67. The molecule has 2 rings (SSSR count). The zero-order valence-corrected chi connectivity index (χ0v) is 11.4. The lowest BCUT2D eigenvalue weighted by Gasteiger charge is -2.16. The first kappa shape index (κ1) is 13.5. The van der Waals surface area contributed by atoms with E-state index in [2.05, 4.69) is 34.0 Å². The highest BCUT2D eigenvalue weighted by atomic mass is 16.5. The predicted molar refractivity (Wildman–Crippen MR) is 71.5 cm³/mol. The van der Waals surface area contributed by atoms with Gasteiger partial charge < -0.3 is 15.2 Å². The van der Waals surface area contributed by atoms with Gasteiger partial charge in [0.25, 0.3) is 0 Å². The number of aromatic nitrogens is 4. The maximum atomic E-state index is 5.59. The third-order valence-electron chi connectivity index (χ3n) is 3.01. The van der Waals surface area contributed by atoms with E-state index in [1.165, 1.54) is 0 Å². The van der Waals surface area contributed by atoms with Gasteiger partial charge in [0.05, 0.1) is 11.9 Å². The molecule has 0 spiro atoms. The fourth-order valence-electron chi connectivity index (χ4n) is 1.86. The van der Waals surface area contributed by atoms with Crippen molar-refractivity contribution < 1.29 is 4.52 Å². The Balaban J connectivity index is 1.88. The minimum absolute atomic E-state index is 0.454. The van der Waals surface area contributed by atoms with Gasteiger partial charge in [-0.2, -0.15) is 10.1 Å². The molecule has 0 saturated heterocycles. The van der Waals surface area contributed by atoms with Gasteiger partial charge in [-0.1, -0.05) is 19.0 Å². The summed E-state index contributed by atoms with van der Waals surface area (Å²) in [6.07, 6.45) is 4.13. The van der Waals surface area contributed by atoms with Gasteiger partial charge >= 0.3 is 0 Å². The van der Waals surface area contributed by atoms with Crippen LogP contribution in [0, 0.1) is 0 Å². The second-order valence-electron chi connectivity index (χ2n) is 4.35. The summed E-state index contributed by atoms with van der Waals surface area (Å²) in [6.45, 7) is 7.76. The van der Waals surface area contributed by atoms with Crippen molar-refractivity contribution in [1.29, 1.82) is 0 Å². The summed E-state index contributed by atoms with van der Waals surface area (Å²) < 4.78 is 6.87. The Hall–Kier alpha value is -1.89. The molecular weight excluding hydrogens is 244 g/mol. The molecule has 2 N–H and O–H groups in total. The van der Waals surface area contributed by atoms with Gasteiger partial charge in [0, 0.05) is 19.2 Å². The predicted octanol–water partition coefficient (Wildman–Crippen LogP) is 0.781. The summed E-state index contributed by atoms with van der Waals surface area (Å²) in [5.41, 5.74) is 6.22. The fraction of sp³-hybridized carbons (Fsp3) is 0.583. The van der Waals surface area contributed by atoms with Crippen LogP contribution in [-0.4, -0.2) is 44.5 Å². The van der Waals surface area contributed by atoms with Gasteiger partial charge in [0.15, 0.2) is 5.82 Å². The third kappa shape index (κ3) is 3.78. The van der Waals surface area contributed by atoms with Crippen LogP contribution in [0.1, 0.15) is 25.6 Å². The van der Waals surface area contributed by atoms with Gasteiger partial charge in [-0.15, -0.1) is 0 Å². The molecule has 0 bridgehead atoms. The first-order chi connectivity index (χ1) is 9.21. The Bertz CT molecular complexity index is 502. The number of nitrogens with two attached hydrogens (primary N) is 1. The van der Waals surface area contributed by atoms with Crippen molar-refractivity contribution in [3.8, 4) is 0 Å². The Morgan fingerprint density at radius 1 is 1.37 bits per heavy atom. The number of hydrogen-bond donors (Lipinski definition) is 1. The van der Waals surface area contributed by atoms with E-state index in [-0.39, 0.29) is 0 Å². The van der Waals surface area contributed by atoms with E-state index >= 15 is 0 Å².